The molecule has 3 fully saturated rings. The Balaban J connectivity index is 0.000000192. The minimum absolute atomic E-state index is 0.109. The van der Waals surface area contributed by atoms with Crippen molar-refractivity contribution in [3.8, 4) is 23.7 Å². The van der Waals surface area contributed by atoms with Gasteiger partial charge in [0.05, 0.1) is 45.4 Å². The standard InChI is InChI=1S/C32H33N3O4.C22H21NO4/c1-22-6-8-23(9-7-22)10-11-24-12-14-25(15-13-24)19-35-31(28(20-36)30(21-37)39-35)32(38)33-17-16-26-18-34-29-5-3-2-4-27(26)29;1-15-2-4-16(5-3-15)6-7-17-8-10-18(11-9-17)12-23-21-19(14-26-22(21)25)20(13-24)27-23/h2-9,12-15,18,28,30-31,34,36-37H,16-17,19-21H2,1H3,(H,33,38);2-5,8-11,19-21,24H,12-14H2,1H3/t28-,30+,31+;19?,20-,21-/m10/s1. The molecule has 6 aromatic rings. The van der Waals surface area contributed by atoms with Gasteiger partial charge >= 0.3 is 5.97 Å². The molecular formula is C54H54N4O8. The summed E-state index contributed by atoms with van der Waals surface area (Å²) in [5, 5.41) is 36.7. The van der Waals surface area contributed by atoms with E-state index in [9.17, 15) is 24.9 Å². The van der Waals surface area contributed by atoms with Gasteiger partial charge in [-0.15, -0.1) is 0 Å². The van der Waals surface area contributed by atoms with Crippen molar-refractivity contribution in [3.63, 3.8) is 0 Å². The number of hydrogen-bond acceptors (Lipinski definition) is 10. The van der Waals surface area contributed by atoms with E-state index >= 15 is 0 Å². The molecule has 1 unspecified atom stereocenters. The van der Waals surface area contributed by atoms with Gasteiger partial charge in [-0.2, -0.15) is 10.1 Å². The summed E-state index contributed by atoms with van der Waals surface area (Å²) in [7, 11) is 0. The van der Waals surface area contributed by atoms with Gasteiger partial charge in [-0.25, -0.2) is 0 Å². The number of para-hydroxylation sites is 1. The van der Waals surface area contributed by atoms with E-state index in [4.69, 9.17) is 14.4 Å². The molecule has 66 heavy (non-hydrogen) atoms. The summed E-state index contributed by atoms with van der Waals surface area (Å²) in [6, 6.07) is 38.7. The first kappa shape index (κ1) is 46.0. The molecule has 1 aromatic heterocycles. The topological polar surface area (TPSA) is 157 Å². The van der Waals surface area contributed by atoms with Crippen molar-refractivity contribution in [2.75, 3.05) is 33.0 Å². The Morgan fingerprint density at radius 1 is 0.682 bits per heavy atom. The number of nitrogens with zero attached hydrogens (tertiary/aromatic N) is 2. The van der Waals surface area contributed by atoms with Crippen molar-refractivity contribution < 1.29 is 39.3 Å². The van der Waals surface area contributed by atoms with Crippen LogP contribution in [-0.4, -0.2) is 99.6 Å². The highest BCUT2D eigenvalue weighted by Crippen LogP contribution is 2.34. The molecule has 5 aromatic carbocycles. The first-order valence-electron chi connectivity index (χ1n) is 22.2. The summed E-state index contributed by atoms with van der Waals surface area (Å²) in [5.41, 5.74) is 10.3. The highest BCUT2D eigenvalue weighted by atomic mass is 16.7. The Bertz CT molecular complexity index is 2710. The van der Waals surface area contributed by atoms with Crippen molar-refractivity contribution in [1.29, 1.82) is 0 Å². The number of aliphatic hydroxyl groups excluding tert-OH is 3. The van der Waals surface area contributed by atoms with E-state index in [-0.39, 0.29) is 43.7 Å². The molecule has 0 bridgehead atoms. The first-order chi connectivity index (χ1) is 32.2. The van der Waals surface area contributed by atoms with Gasteiger partial charge in [0.1, 0.15) is 24.3 Å². The monoisotopic (exact) mass is 886 g/mol. The van der Waals surface area contributed by atoms with Crippen LogP contribution in [0.25, 0.3) is 10.9 Å². The maximum Gasteiger partial charge on any atom is 0.326 e. The van der Waals surface area contributed by atoms with Gasteiger partial charge in [-0.1, -0.05) is 102 Å². The minimum Gasteiger partial charge on any atom is -0.464 e. The van der Waals surface area contributed by atoms with Crippen LogP contribution in [0.1, 0.15) is 50.1 Å². The molecule has 4 heterocycles. The number of hydrogen-bond donors (Lipinski definition) is 5. The van der Waals surface area contributed by atoms with Crippen LogP contribution in [-0.2, 0) is 43.5 Å². The van der Waals surface area contributed by atoms with E-state index in [1.54, 1.807) is 10.1 Å². The molecule has 1 amide bonds. The number of cyclic esters (lactones) is 1. The number of aromatic nitrogens is 1. The number of carbonyl (C=O) groups excluding carboxylic acids is 2. The minimum atomic E-state index is -0.726. The summed E-state index contributed by atoms with van der Waals surface area (Å²) in [4.78, 5) is 40.2. The van der Waals surface area contributed by atoms with E-state index < -0.39 is 24.1 Å². The molecule has 12 heteroatoms. The van der Waals surface area contributed by atoms with Gasteiger partial charge in [0.25, 0.3) is 0 Å². The smallest absolute Gasteiger partial charge is 0.326 e. The van der Waals surface area contributed by atoms with Crippen LogP contribution in [0.15, 0.2) is 128 Å². The lowest BCUT2D eigenvalue weighted by Crippen LogP contribution is -2.47. The summed E-state index contributed by atoms with van der Waals surface area (Å²) in [6.07, 6.45) is 1.59. The van der Waals surface area contributed by atoms with Crippen LogP contribution in [0.5, 0.6) is 0 Å². The number of esters is 1. The van der Waals surface area contributed by atoms with Crippen molar-refractivity contribution in [2.45, 2.75) is 57.6 Å². The molecule has 5 N–H and O–H groups in total. The van der Waals surface area contributed by atoms with E-state index in [0.29, 0.717) is 32.7 Å². The zero-order chi connectivity index (χ0) is 46.0. The summed E-state index contributed by atoms with van der Waals surface area (Å²) in [5.74, 6) is 11.5. The van der Waals surface area contributed by atoms with Gasteiger partial charge in [-0.3, -0.25) is 19.3 Å². The Morgan fingerprint density at radius 2 is 1.20 bits per heavy atom. The molecular weight excluding hydrogens is 833 g/mol. The molecule has 12 nitrogen and oxygen atoms in total. The molecule has 0 radical (unpaired) electrons. The van der Waals surface area contributed by atoms with Crippen molar-refractivity contribution in [3.05, 3.63) is 178 Å². The number of benzene rings is 5. The molecule has 3 aliphatic heterocycles. The predicted molar refractivity (Wildman–Crippen MR) is 250 cm³/mol. The number of H-pyrrole nitrogens is 1. The SMILES string of the molecule is Cc1ccc(C#Cc2ccc(CN3O[C@@H](CO)C4COC(=O)[C@H]43)cc2)cc1.Cc1ccc(C#Cc2ccc(CN3O[C@@H](CO)[C@@H](CO)[C@H]3C(=O)NCCc3c[nH]c4ccccc34)cc2)cc1. The summed E-state index contributed by atoms with van der Waals surface area (Å²) >= 11 is 0. The third-order valence-corrected chi connectivity index (χ3v) is 12.2. The highest BCUT2D eigenvalue weighted by molar-refractivity contribution is 5.84. The maximum atomic E-state index is 13.3. The number of carbonyl (C=O) groups is 2. The Hall–Kier alpha value is -6.58. The van der Waals surface area contributed by atoms with Gasteiger partial charge in [0.2, 0.25) is 5.91 Å². The Kier molecular flexibility index (Phi) is 15.0. The second kappa shape index (κ2) is 21.6. The van der Waals surface area contributed by atoms with Crippen LogP contribution in [0.4, 0.5) is 0 Å². The van der Waals surface area contributed by atoms with Crippen LogP contribution in [0.3, 0.4) is 0 Å². The van der Waals surface area contributed by atoms with Crippen LogP contribution >= 0.6 is 0 Å². The number of aryl methyl sites for hydroxylation is 2. The van der Waals surface area contributed by atoms with E-state index in [2.05, 4.69) is 47.0 Å². The number of hydroxylamine groups is 4. The summed E-state index contributed by atoms with van der Waals surface area (Å²) in [6.45, 7) is 4.96. The number of aliphatic hydroxyl groups is 3. The van der Waals surface area contributed by atoms with E-state index in [0.717, 1.165) is 49.8 Å². The fourth-order valence-corrected chi connectivity index (χ4v) is 8.45. The average Bonchev–Trinajstić information content (AvgIpc) is 4.12. The summed E-state index contributed by atoms with van der Waals surface area (Å²) < 4.78 is 5.13. The fraction of sp³-hybridized carbons (Fsp3) is 0.296. The number of ether oxygens (including phenoxy) is 1. The van der Waals surface area contributed by atoms with E-state index in [1.807, 2.05) is 128 Å². The third-order valence-electron chi connectivity index (χ3n) is 12.2. The fourth-order valence-electron chi connectivity index (χ4n) is 8.45. The highest BCUT2D eigenvalue weighted by Gasteiger charge is 2.52. The van der Waals surface area contributed by atoms with Gasteiger partial charge in [0.15, 0.2) is 0 Å². The second-order valence-corrected chi connectivity index (χ2v) is 16.9. The lowest BCUT2D eigenvalue weighted by atomic mass is 9.95. The zero-order valence-corrected chi connectivity index (χ0v) is 37.0. The Morgan fingerprint density at radius 3 is 1.74 bits per heavy atom. The maximum absolute atomic E-state index is 13.3. The molecule has 3 aliphatic rings. The lowest BCUT2D eigenvalue weighted by molar-refractivity contribution is -0.193. The van der Waals surface area contributed by atoms with Gasteiger partial charge in [-0.05, 0) is 91.6 Å². The van der Waals surface area contributed by atoms with E-state index in [1.165, 1.54) is 11.1 Å². The van der Waals surface area contributed by atoms with Gasteiger partial charge in [0, 0.05) is 51.8 Å². The number of nitrogens with one attached hydrogen (secondary N) is 2. The van der Waals surface area contributed by atoms with Gasteiger partial charge < -0.3 is 30.4 Å². The Labute approximate surface area is 385 Å². The van der Waals surface area contributed by atoms with Crippen LogP contribution in [0.2, 0.25) is 0 Å². The first-order valence-corrected chi connectivity index (χ1v) is 22.2. The van der Waals surface area contributed by atoms with Crippen molar-refractivity contribution in [1.82, 2.24) is 20.4 Å². The zero-order valence-electron chi connectivity index (χ0n) is 37.0. The van der Waals surface area contributed by atoms with Crippen LogP contribution < -0.4 is 5.32 Å². The van der Waals surface area contributed by atoms with Crippen LogP contribution in [0, 0.1) is 49.4 Å². The lowest BCUT2D eigenvalue weighted by Gasteiger charge is -2.24. The molecule has 0 saturated carbocycles. The second-order valence-electron chi connectivity index (χ2n) is 16.9. The van der Waals surface area contributed by atoms with Crippen molar-refractivity contribution in [2.24, 2.45) is 11.8 Å². The molecule has 0 spiro atoms. The molecule has 338 valence electrons. The number of amides is 1. The molecule has 3 saturated heterocycles. The quantitative estimate of drug-likeness (QED) is 0.0848. The number of fused-ring (bicyclic) bond motifs is 2. The largest absolute Gasteiger partial charge is 0.464 e. The number of rotatable bonds is 11. The predicted octanol–water partition coefficient (Wildman–Crippen LogP) is 5.36. The van der Waals surface area contributed by atoms with Crippen molar-refractivity contribution >= 4 is 22.8 Å². The molecule has 0 aliphatic carbocycles. The normalized spacial score (nSPS) is 21.2. The molecule has 9 rings (SSSR count). The third kappa shape index (κ3) is 11.1. The number of aromatic amines is 1. The molecule has 6 atom stereocenters. The average molecular weight is 887 g/mol.